The maximum Gasteiger partial charge on any atom is 0.194 e. The lowest BCUT2D eigenvalue weighted by molar-refractivity contribution is 0.169. The van der Waals surface area contributed by atoms with Crippen LogP contribution < -0.4 is 5.32 Å². The summed E-state index contributed by atoms with van der Waals surface area (Å²) in [4.78, 5) is 9.11. The summed E-state index contributed by atoms with van der Waals surface area (Å²) in [7, 11) is 3.88. The van der Waals surface area contributed by atoms with Crippen molar-refractivity contribution in [1.29, 1.82) is 0 Å². The Bertz CT molecular complexity index is 625. The van der Waals surface area contributed by atoms with E-state index in [2.05, 4.69) is 48.3 Å². The van der Waals surface area contributed by atoms with Crippen molar-refractivity contribution in [2.45, 2.75) is 13.1 Å². The average molecular weight is 316 g/mol. The highest BCUT2D eigenvalue weighted by Crippen LogP contribution is 2.07. The maximum atomic E-state index is 4.89. The first-order valence-electron chi connectivity index (χ1n) is 7.92. The number of nitrogens with zero attached hydrogens (tertiary/aromatic N) is 5. The zero-order chi connectivity index (χ0) is 16.1. The molecule has 7 heteroatoms. The van der Waals surface area contributed by atoms with Gasteiger partial charge < -0.3 is 19.3 Å². The number of aryl methyl sites for hydroxylation is 1. The van der Waals surface area contributed by atoms with Gasteiger partial charge in [0.1, 0.15) is 6.26 Å². The zero-order valence-electron chi connectivity index (χ0n) is 13.8. The number of hydrogen-bond donors (Lipinski definition) is 1. The van der Waals surface area contributed by atoms with E-state index in [1.165, 1.54) is 5.56 Å². The van der Waals surface area contributed by atoms with Crippen molar-refractivity contribution in [1.82, 2.24) is 24.8 Å². The molecule has 1 N–H and O–H groups in total. The summed E-state index contributed by atoms with van der Waals surface area (Å²) in [6, 6.07) is 4.04. The monoisotopic (exact) mass is 316 g/mol. The van der Waals surface area contributed by atoms with E-state index in [0.29, 0.717) is 0 Å². The van der Waals surface area contributed by atoms with Crippen LogP contribution in [0.4, 0.5) is 0 Å². The summed E-state index contributed by atoms with van der Waals surface area (Å²) in [6.45, 7) is 5.57. The molecule has 1 fully saturated rings. The van der Waals surface area contributed by atoms with Gasteiger partial charge in [0.05, 0.1) is 5.69 Å². The van der Waals surface area contributed by atoms with Crippen LogP contribution in [0.5, 0.6) is 0 Å². The SMILES string of the molecule is CN=C(NCc1ccn(C)c1)N1CCN(Cc2ccon2)CC1. The van der Waals surface area contributed by atoms with Crippen LogP contribution in [-0.2, 0) is 20.1 Å². The van der Waals surface area contributed by atoms with Crippen molar-refractivity contribution in [3.8, 4) is 0 Å². The Morgan fingerprint density at radius 3 is 2.74 bits per heavy atom. The Morgan fingerprint density at radius 1 is 1.30 bits per heavy atom. The first-order valence-corrected chi connectivity index (χ1v) is 7.92. The van der Waals surface area contributed by atoms with Crippen LogP contribution >= 0.6 is 0 Å². The summed E-state index contributed by atoms with van der Waals surface area (Å²) < 4.78 is 6.95. The van der Waals surface area contributed by atoms with Crippen LogP contribution in [0.1, 0.15) is 11.3 Å². The number of hydrogen-bond acceptors (Lipinski definition) is 4. The maximum absolute atomic E-state index is 4.89. The highest BCUT2D eigenvalue weighted by Gasteiger charge is 2.20. The highest BCUT2D eigenvalue weighted by atomic mass is 16.5. The van der Waals surface area contributed by atoms with Gasteiger partial charge in [0, 0.05) is 71.8 Å². The van der Waals surface area contributed by atoms with Gasteiger partial charge in [-0.15, -0.1) is 0 Å². The lowest BCUT2D eigenvalue weighted by atomic mass is 10.3. The molecule has 7 nitrogen and oxygen atoms in total. The standard InChI is InChI=1S/C16H24N6O/c1-17-16(18-11-14-3-5-20(2)12-14)22-8-6-21(7-9-22)13-15-4-10-23-19-15/h3-5,10,12H,6-9,11,13H2,1-2H3,(H,17,18). The van der Waals surface area contributed by atoms with Gasteiger partial charge >= 0.3 is 0 Å². The fourth-order valence-electron chi connectivity index (χ4n) is 2.84. The van der Waals surface area contributed by atoms with Gasteiger partial charge in [-0.3, -0.25) is 9.89 Å². The lowest BCUT2D eigenvalue weighted by Crippen LogP contribution is -2.52. The van der Waals surface area contributed by atoms with Crippen LogP contribution in [0.25, 0.3) is 0 Å². The summed E-state index contributed by atoms with van der Waals surface area (Å²) >= 11 is 0. The predicted octanol–water partition coefficient (Wildman–Crippen LogP) is 0.906. The van der Waals surface area contributed by atoms with E-state index in [-0.39, 0.29) is 0 Å². The van der Waals surface area contributed by atoms with Crippen molar-refractivity contribution in [2.75, 3.05) is 33.2 Å². The third-order valence-electron chi connectivity index (χ3n) is 4.10. The van der Waals surface area contributed by atoms with E-state index >= 15 is 0 Å². The Kier molecular flexibility index (Phi) is 4.97. The van der Waals surface area contributed by atoms with Gasteiger partial charge in [0.2, 0.25) is 0 Å². The first-order chi connectivity index (χ1) is 11.2. The number of aliphatic imine (C=N–C) groups is 1. The van der Waals surface area contributed by atoms with E-state index in [1.807, 2.05) is 20.2 Å². The van der Waals surface area contributed by atoms with Crippen LogP contribution in [-0.4, -0.2) is 58.7 Å². The predicted molar refractivity (Wildman–Crippen MR) is 89.0 cm³/mol. The van der Waals surface area contributed by atoms with Gasteiger partial charge in [-0.1, -0.05) is 5.16 Å². The number of nitrogens with one attached hydrogen (secondary N) is 1. The second-order valence-electron chi connectivity index (χ2n) is 5.84. The minimum absolute atomic E-state index is 0.798. The Hall–Kier alpha value is -2.28. The fraction of sp³-hybridized carbons (Fsp3) is 0.500. The largest absolute Gasteiger partial charge is 0.364 e. The minimum atomic E-state index is 0.798. The molecular formula is C16H24N6O. The van der Waals surface area contributed by atoms with Crippen molar-refractivity contribution in [3.63, 3.8) is 0 Å². The quantitative estimate of drug-likeness (QED) is 0.671. The van der Waals surface area contributed by atoms with Crippen LogP contribution in [0.2, 0.25) is 0 Å². The molecule has 1 aliphatic rings. The molecule has 0 atom stereocenters. The smallest absolute Gasteiger partial charge is 0.194 e. The van der Waals surface area contributed by atoms with Gasteiger partial charge in [0.15, 0.2) is 5.96 Å². The molecule has 0 unspecified atom stereocenters. The Labute approximate surface area is 136 Å². The summed E-state index contributed by atoms with van der Waals surface area (Å²) in [6.07, 6.45) is 5.81. The third kappa shape index (κ3) is 4.13. The molecule has 0 bridgehead atoms. The van der Waals surface area contributed by atoms with E-state index in [4.69, 9.17) is 4.52 Å². The van der Waals surface area contributed by atoms with Crippen molar-refractivity contribution < 1.29 is 4.52 Å². The van der Waals surface area contributed by atoms with Crippen LogP contribution in [0.3, 0.4) is 0 Å². The molecule has 0 saturated carbocycles. The zero-order valence-corrected chi connectivity index (χ0v) is 13.8. The summed E-state index contributed by atoms with van der Waals surface area (Å²) in [5, 5.41) is 7.42. The molecular weight excluding hydrogens is 292 g/mol. The molecule has 0 radical (unpaired) electrons. The number of rotatable bonds is 4. The molecule has 3 heterocycles. The second-order valence-corrected chi connectivity index (χ2v) is 5.84. The highest BCUT2D eigenvalue weighted by molar-refractivity contribution is 5.80. The molecule has 23 heavy (non-hydrogen) atoms. The van der Waals surface area contributed by atoms with Crippen molar-refractivity contribution in [2.24, 2.45) is 12.0 Å². The first kappa shape index (κ1) is 15.6. The Balaban J connectivity index is 1.47. The van der Waals surface area contributed by atoms with Crippen LogP contribution in [0.15, 0.2) is 40.3 Å². The molecule has 3 rings (SSSR count). The Morgan fingerprint density at radius 2 is 2.13 bits per heavy atom. The van der Waals surface area contributed by atoms with Crippen molar-refractivity contribution >= 4 is 5.96 Å². The minimum Gasteiger partial charge on any atom is -0.364 e. The molecule has 0 spiro atoms. The van der Waals surface area contributed by atoms with Gasteiger partial charge in [-0.05, 0) is 11.6 Å². The van der Waals surface area contributed by atoms with Gasteiger partial charge in [-0.2, -0.15) is 0 Å². The molecule has 2 aromatic rings. The topological polar surface area (TPSA) is 61.8 Å². The molecule has 1 aliphatic heterocycles. The molecule has 0 amide bonds. The van der Waals surface area contributed by atoms with Crippen molar-refractivity contribution in [3.05, 3.63) is 42.0 Å². The number of aromatic nitrogens is 2. The van der Waals surface area contributed by atoms with E-state index in [1.54, 1.807) is 6.26 Å². The molecule has 124 valence electrons. The summed E-state index contributed by atoms with van der Waals surface area (Å²) in [5.41, 5.74) is 2.25. The van der Waals surface area contributed by atoms with E-state index in [9.17, 15) is 0 Å². The van der Waals surface area contributed by atoms with E-state index in [0.717, 1.165) is 50.9 Å². The molecule has 0 aromatic carbocycles. The fourth-order valence-corrected chi connectivity index (χ4v) is 2.84. The van der Waals surface area contributed by atoms with Gasteiger partial charge in [0.25, 0.3) is 0 Å². The molecule has 2 aromatic heterocycles. The molecule has 1 saturated heterocycles. The second kappa shape index (κ2) is 7.32. The normalized spacial score (nSPS) is 16.8. The van der Waals surface area contributed by atoms with Crippen LogP contribution in [0, 0.1) is 0 Å². The average Bonchev–Trinajstić information content (AvgIpc) is 3.21. The molecule has 0 aliphatic carbocycles. The number of guanidine groups is 1. The van der Waals surface area contributed by atoms with Gasteiger partial charge in [-0.25, -0.2) is 0 Å². The summed E-state index contributed by atoms with van der Waals surface area (Å²) in [5.74, 6) is 0.968. The number of piperazine rings is 1. The lowest BCUT2D eigenvalue weighted by Gasteiger charge is -2.36. The third-order valence-corrected chi connectivity index (χ3v) is 4.10. The van der Waals surface area contributed by atoms with E-state index < -0.39 is 0 Å².